The molecule has 4 N–H and O–H groups in total. The predicted molar refractivity (Wildman–Crippen MR) is 126 cm³/mol. The minimum Gasteiger partial charge on any atom is -0.459 e. The van der Waals surface area contributed by atoms with Crippen molar-refractivity contribution in [3.63, 3.8) is 0 Å². The minimum atomic E-state index is -1.56. The Balaban J connectivity index is 1.43. The van der Waals surface area contributed by atoms with Crippen LogP contribution in [0.2, 0.25) is 0 Å². The number of rotatable bonds is 3. The third-order valence-electron chi connectivity index (χ3n) is 10.3. The van der Waals surface area contributed by atoms with Gasteiger partial charge in [0, 0.05) is 28.2 Å². The van der Waals surface area contributed by atoms with Gasteiger partial charge in [-0.3, -0.25) is 19.2 Å². The summed E-state index contributed by atoms with van der Waals surface area (Å²) in [5, 5.41) is 22.9. The number of carbonyl (C=O) groups is 3. The van der Waals surface area contributed by atoms with E-state index in [2.05, 4.69) is 6.92 Å². The Kier molecular flexibility index (Phi) is 4.94. The first-order chi connectivity index (χ1) is 17.0. The molecule has 9 heteroatoms. The zero-order chi connectivity index (χ0) is 25.7. The number of allylic oxidation sites excluding steroid dienone is 4. The lowest BCUT2D eigenvalue weighted by atomic mass is 9.43. The van der Waals surface area contributed by atoms with Crippen molar-refractivity contribution in [3.8, 4) is 0 Å². The zero-order valence-corrected chi connectivity index (χ0v) is 20.5. The van der Waals surface area contributed by atoms with Crippen molar-refractivity contribution >= 4 is 17.5 Å². The average molecular weight is 497 g/mol. The van der Waals surface area contributed by atoms with Crippen LogP contribution in [0.4, 0.5) is 0 Å². The third-order valence-corrected chi connectivity index (χ3v) is 10.3. The summed E-state index contributed by atoms with van der Waals surface area (Å²) < 4.78 is 5.25. The van der Waals surface area contributed by atoms with Crippen LogP contribution in [0, 0.1) is 28.6 Å². The lowest BCUT2D eigenvalue weighted by Gasteiger charge is -2.63. The number of aliphatic hydroxyl groups is 2. The quantitative estimate of drug-likeness (QED) is 0.572. The maximum atomic E-state index is 13.5. The highest BCUT2D eigenvalue weighted by Crippen LogP contribution is 2.71. The van der Waals surface area contributed by atoms with E-state index >= 15 is 0 Å². The monoisotopic (exact) mass is 496 g/mol. The summed E-state index contributed by atoms with van der Waals surface area (Å²) in [5.74, 6) is -1.83. The Morgan fingerprint density at radius 2 is 2.06 bits per heavy atom. The van der Waals surface area contributed by atoms with Gasteiger partial charge in [0.25, 0.3) is 0 Å². The number of hydrogen-bond donors (Lipinski definition) is 3. The van der Waals surface area contributed by atoms with E-state index in [1.807, 2.05) is 13.0 Å². The Morgan fingerprint density at radius 3 is 2.75 bits per heavy atom. The number of aliphatic hydroxyl groups excluding tert-OH is 2. The van der Waals surface area contributed by atoms with Crippen LogP contribution in [0.25, 0.3) is 0 Å². The molecule has 3 saturated carbocycles. The molecule has 9 nitrogen and oxygen atoms in total. The third kappa shape index (κ3) is 2.66. The Labute approximate surface area is 208 Å². The van der Waals surface area contributed by atoms with Crippen molar-refractivity contribution in [3.05, 3.63) is 48.0 Å². The summed E-state index contributed by atoms with van der Waals surface area (Å²) in [4.78, 5) is 45.0. The fraction of sp³-hybridized carbons (Fsp3) is 0.593. The minimum absolute atomic E-state index is 0.0452. The van der Waals surface area contributed by atoms with Gasteiger partial charge in [0.2, 0.25) is 0 Å². The molecule has 1 amide bonds. The second-order valence-electron chi connectivity index (χ2n) is 11.7. The molecule has 0 radical (unpaired) electrons. The van der Waals surface area contributed by atoms with Crippen molar-refractivity contribution in [2.24, 2.45) is 34.3 Å². The number of hydroxylamine groups is 2. The molecule has 0 aromatic carbocycles. The zero-order valence-electron chi connectivity index (χ0n) is 20.5. The first-order valence-corrected chi connectivity index (χ1v) is 12.6. The average Bonchev–Trinajstić information content (AvgIpc) is 3.54. The summed E-state index contributed by atoms with van der Waals surface area (Å²) in [7, 11) is 0. The number of nitrogens with two attached hydrogens (primary N) is 1. The van der Waals surface area contributed by atoms with Crippen molar-refractivity contribution < 1.29 is 33.9 Å². The van der Waals surface area contributed by atoms with E-state index < -0.39 is 52.3 Å². The van der Waals surface area contributed by atoms with Gasteiger partial charge in [-0.2, -0.15) is 0 Å². The van der Waals surface area contributed by atoms with Gasteiger partial charge in [-0.25, -0.2) is 5.06 Å². The van der Waals surface area contributed by atoms with Crippen LogP contribution in [-0.2, 0) is 14.4 Å². The predicted octanol–water partition coefficient (Wildman–Crippen LogP) is 1.55. The standard InChI is InChI=1S/C27H32N2O7/c1-24-8-7-17(31)10-15(24)5-6-18-22(24)19(32)12-25(2)26(18,28)11-16-13-29(23(34)20-4-3-9-35-20)36-27(16,25)21(33)14-30/h3-4,7-10,16,18-19,22,30,32H,5-6,11-14,28H2,1-2H3/t16-,18+,19-,22+,24-,25-,26+,27-/m0/s1. The number of nitrogens with zero attached hydrogens (tertiary/aromatic N) is 1. The molecule has 192 valence electrons. The van der Waals surface area contributed by atoms with Crippen LogP contribution in [0.3, 0.4) is 0 Å². The summed E-state index contributed by atoms with van der Waals surface area (Å²) >= 11 is 0. The highest BCUT2D eigenvalue weighted by atomic mass is 16.7. The van der Waals surface area contributed by atoms with E-state index in [0.717, 1.165) is 10.6 Å². The van der Waals surface area contributed by atoms with E-state index in [1.54, 1.807) is 18.2 Å². The molecule has 1 saturated heterocycles. The Hall–Kier alpha value is -2.59. The van der Waals surface area contributed by atoms with E-state index in [-0.39, 0.29) is 36.3 Å². The number of carbonyl (C=O) groups excluding carboxylic acids is 3. The Bertz CT molecular complexity index is 1210. The summed E-state index contributed by atoms with van der Waals surface area (Å²) in [6.45, 7) is 3.29. The van der Waals surface area contributed by atoms with Crippen LogP contribution in [0.15, 0.2) is 46.6 Å². The molecule has 8 atom stereocenters. The molecule has 1 aromatic rings. The summed E-state index contributed by atoms with van der Waals surface area (Å²) in [6.07, 6.45) is 7.63. The molecule has 4 aliphatic carbocycles. The lowest BCUT2D eigenvalue weighted by molar-refractivity contribution is -0.239. The Morgan fingerprint density at radius 1 is 1.28 bits per heavy atom. The summed E-state index contributed by atoms with van der Waals surface area (Å²) in [5.41, 5.74) is 4.35. The van der Waals surface area contributed by atoms with E-state index in [4.69, 9.17) is 15.0 Å². The molecular weight excluding hydrogens is 464 g/mol. The number of ketones is 2. The molecular formula is C27H32N2O7. The van der Waals surface area contributed by atoms with Gasteiger partial charge in [-0.1, -0.05) is 25.5 Å². The fourth-order valence-corrected chi connectivity index (χ4v) is 8.71. The molecule has 6 rings (SSSR count). The first kappa shape index (κ1) is 23.8. The van der Waals surface area contributed by atoms with Crippen molar-refractivity contribution in [1.82, 2.24) is 5.06 Å². The van der Waals surface area contributed by atoms with Gasteiger partial charge >= 0.3 is 5.91 Å². The molecule has 0 bridgehead atoms. The van der Waals surface area contributed by atoms with Crippen LogP contribution in [0.1, 0.15) is 50.1 Å². The molecule has 5 aliphatic rings. The van der Waals surface area contributed by atoms with E-state index in [0.29, 0.717) is 19.3 Å². The van der Waals surface area contributed by atoms with Crippen LogP contribution < -0.4 is 5.73 Å². The van der Waals surface area contributed by atoms with E-state index in [9.17, 15) is 24.6 Å². The van der Waals surface area contributed by atoms with Crippen molar-refractivity contribution in [1.29, 1.82) is 0 Å². The molecule has 1 aromatic heterocycles. The molecule has 2 heterocycles. The van der Waals surface area contributed by atoms with Crippen LogP contribution in [0.5, 0.6) is 0 Å². The largest absolute Gasteiger partial charge is 0.459 e. The lowest BCUT2D eigenvalue weighted by Crippen LogP contribution is -2.73. The topological polar surface area (TPSA) is 143 Å². The van der Waals surface area contributed by atoms with Crippen molar-refractivity contribution in [2.45, 2.75) is 56.8 Å². The van der Waals surface area contributed by atoms with Gasteiger partial charge in [-0.05, 0) is 55.9 Å². The van der Waals surface area contributed by atoms with Gasteiger partial charge < -0.3 is 20.4 Å². The molecule has 4 fully saturated rings. The fourth-order valence-electron chi connectivity index (χ4n) is 8.71. The maximum absolute atomic E-state index is 13.5. The SMILES string of the molecule is C[C@]12C[C@H](O)[C@H]3[C@@H](CCC4=CC(=O)C=C[C@@]43C)[C@]1(N)C[C@H]1CN(C(=O)c3ccco3)O[C@]12C(=O)CO. The molecule has 0 unspecified atom stereocenters. The van der Waals surface area contributed by atoms with Gasteiger partial charge in [0.05, 0.1) is 18.9 Å². The van der Waals surface area contributed by atoms with Gasteiger partial charge in [0.15, 0.2) is 22.9 Å². The highest BCUT2D eigenvalue weighted by Gasteiger charge is 2.80. The van der Waals surface area contributed by atoms with Crippen LogP contribution in [-0.4, -0.2) is 63.1 Å². The first-order valence-electron chi connectivity index (χ1n) is 12.6. The second-order valence-corrected chi connectivity index (χ2v) is 11.7. The number of Topliss-reactive ketones (excluding diaryl/α,β-unsaturated/α-hetero) is 1. The molecule has 0 spiro atoms. The number of hydrogen-bond acceptors (Lipinski definition) is 8. The van der Waals surface area contributed by atoms with Gasteiger partial charge in [-0.15, -0.1) is 0 Å². The van der Waals surface area contributed by atoms with Crippen molar-refractivity contribution in [2.75, 3.05) is 13.2 Å². The van der Waals surface area contributed by atoms with Gasteiger partial charge in [0.1, 0.15) is 6.61 Å². The van der Waals surface area contributed by atoms with Crippen LogP contribution >= 0.6 is 0 Å². The summed E-state index contributed by atoms with van der Waals surface area (Å²) in [6, 6.07) is 3.13. The number of amides is 1. The molecule has 36 heavy (non-hydrogen) atoms. The smallest absolute Gasteiger partial charge is 0.313 e. The number of furan rings is 1. The second kappa shape index (κ2) is 7.47. The normalized spacial score (nSPS) is 45.0. The molecule has 1 aliphatic heterocycles. The number of fused-ring (bicyclic) bond motifs is 7. The van der Waals surface area contributed by atoms with E-state index in [1.165, 1.54) is 12.3 Å². The highest BCUT2D eigenvalue weighted by molar-refractivity contribution is 6.01. The maximum Gasteiger partial charge on any atom is 0.313 e.